The van der Waals surface area contributed by atoms with Crippen LogP contribution in [0.4, 0.5) is 0 Å². The maximum atomic E-state index is 2.75. The summed E-state index contributed by atoms with van der Waals surface area (Å²) < 4.78 is 6.97. The Morgan fingerprint density at radius 2 is 1.07 bits per heavy atom. The molecule has 0 nitrogen and oxygen atoms in total. The minimum absolute atomic E-state index is 0.733. The molecular formula is C26H32HfSi. The number of allylic oxidation sites excluding steroid dienone is 2. The van der Waals surface area contributed by atoms with E-state index in [1.54, 1.807) is 43.8 Å². The molecule has 0 aromatic heterocycles. The Hall–Kier alpha value is -0.993. The van der Waals surface area contributed by atoms with Gasteiger partial charge in [0.05, 0.1) is 0 Å². The average molecular weight is 551 g/mol. The van der Waals surface area contributed by atoms with Crippen LogP contribution in [0, 0.1) is 13.8 Å². The number of rotatable bonds is 0. The summed E-state index contributed by atoms with van der Waals surface area (Å²) in [6, 6.07) is 14.3. The van der Waals surface area contributed by atoms with Gasteiger partial charge in [-0.3, -0.25) is 0 Å². The second kappa shape index (κ2) is 5.79. The Kier molecular flexibility index (Phi) is 3.93. The van der Waals surface area contributed by atoms with E-state index in [0.717, 1.165) is 7.35 Å². The topological polar surface area (TPSA) is 0 Å². The second-order valence-electron chi connectivity index (χ2n) is 10.5. The summed E-state index contributed by atoms with van der Waals surface area (Å²) in [5, 5.41) is 3.56. The Bertz CT molecular complexity index is 1030. The fourth-order valence-corrected chi connectivity index (χ4v) is 30.7. The van der Waals surface area contributed by atoms with Crippen molar-refractivity contribution in [1.29, 1.82) is 0 Å². The van der Waals surface area contributed by atoms with E-state index in [2.05, 4.69) is 86.5 Å². The van der Waals surface area contributed by atoms with Gasteiger partial charge in [0.2, 0.25) is 0 Å². The molecule has 0 saturated heterocycles. The van der Waals surface area contributed by atoms with E-state index >= 15 is 0 Å². The van der Waals surface area contributed by atoms with E-state index < -0.39 is 28.0 Å². The van der Waals surface area contributed by atoms with Gasteiger partial charge in [-0.15, -0.1) is 0 Å². The SMILES string of the molecule is CC1=C2c3c(C)cccc3[CH]1[Hf]([CH3])([CH3])[CH]1C(C)=C(c3c(C)cccc31)[Si]2(C)C. The molecule has 1 heterocycles. The molecule has 4 bridgehead atoms. The first-order chi connectivity index (χ1) is 13.1. The van der Waals surface area contributed by atoms with Gasteiger partial charge in [0.25, 0.3) is 0 Å². The first kappa shape index (κ1) is 19.0. The molecule has 0 spiro atoms. The summed E-state index contributed by atoms with van der Waals surface area (Å²) >= 11 is -2.78. The van der Waals surface area contributed by atoms with Gasteiger partial charge in [-0.25, -0.2) is 0 Å². The van der Waals surface area contributed by atoms with E-state index in [4.69, 9.17) is 0 Å². The molecule has 2 aromatic rings. The van der Waals surface area contributed by atoms with Gasteiger partial charge in [0, 0.05) is 0 Å². The fraction of sp³-hybridized carbons (Fsp3) is 0.385. The van der Waals surface area contributed by atoms with Crippen LogP contribution in [0.3, 0.4) is 0 Å². The number of aryl methyl sites for hydroxylation is 2. The van der Waals surface area contributed by atoms with Crippen LogP contribution >= 0.6 is 0 Å². The molecule has 28 heavy (non-hydrogen) atoms. The van der Waals surface area contributed by atoms with Crippen molar-refractivity contribution in [1.82, 2.24) is 0 Å². The fourth-order valence-electron chi connectivity index (χ4n) is 7.51. The Morgan fingerprint density at radius 1 is 0.679 bits per heavy atom. The van der Waals surface area contributed by atoms with Crippen LogP contribution in [0.15, 0.2) is 47.5 Å². The summed E-state index contributed by atoms with van der Waals surface area (Å²) in [5.41, 5.74) is 13.2. The molecule has 2 atom stereocenters. The summed E-state index contributed by atoms with van der Waals surface area (Å²) in [6.07, 6.45) is 0. The third kappa shape index (κ3) is 2.09. The molecule has 0 radical (unpaired) electrons. The van der Waals surface area contributed by atoms with Gasteiger partial charge in [-0.1, -0.05) is 0 Å². The van der Waals surface area contributed by atoms with Crippen LogP contribution in [-0.2, 0) is 20.0 Å². The predicted octanol–water partition coefficient (Wildman–Crippen LogP) is 7.71. The third-order valence-electron chi connectivity index (χ3n) is 8.12. The third-order valence-corrected chi connectivity index (χ3v) is 28.0. The van der Waals surface area contributed by atoms with E-state index in [-0.39, 0.29) is 0 Å². The second-order valence-corrected chi connectivity index (χ2v) is 32.0. The average Bonchev–Trinajstić information content (AvgIpc) is 3.08. The van der Waals surface area contributed by atoms with Crippen LogP contribution < -0.4 is 0 Å². The van der Waals surface area contributed by atoms with Gasteiger partial charge in [-0.05, 0) is 0 Å². The van der Waals surface area contributed by atoms with Crippen LogP contribution in [-0.4, -0.2) is 8.07 Å². The zero-order chi connectivity index (χ0) is 20.2. The van der Waals surface area contributed by atoms with Crippen molar-refractivity contribution in [2.24, 2.45) is 0 Å². The standard InChI is InChI=1S/C24H26Si.2CH3.Hf/c1-15-9-7-11-19-13-17(3)23(21(15)19)25(5,6)24-18(4)14-20-12-8-10-16(2)22(20)24;;;/h7-14H,1-6H3;2*1H3;. The van der Waals surface area contributed by atoms with Crippen LogP contribution in [0.1, 0.15) is 54.6 Å². The first-order valence-electron chi connectivity index (χ1n) is 10.7. The molecule has 5 rings (SSSR count). The molecule has 2 aliphatic carbocycles. The van der Waals surface area contributed by atoms with Crippen molar-refractivity contribution in [3.63, 3.8) is 0 Å². The molecule has 0 fully saturated rings. The van der Waals surface area contributed by atoms with E-state index in [1.807, 2.05) is 0 Å². The zero-order valence-corrected chi connectivity index (χ0v) is 23.2. The Balaban J connectivity index is 1.96. The predicted molar refractivity (Wildman–Crippen MR) is 122 cm³/mol. The molecule has 0 amide bonds. The van der Waals surface area contributed by atoms with Gasteiger partial charge < -0.3 is 0 Å². The van der Waals surface area contributed by atoms with Gasteiger partial charge in [0.15, 0.2) is 0 Å². The number of hydrogen-bond donors (Lipinski definition) is 0. The van der Waals surface area contributed by atoms with E-state index in [9.17, 15) is 0 Å². The van der Waals surface area contributed by atoms with Crippen molar-refractivity contribution in [3.8, 4) is 0 Å². The monoisotopic (exact) mass is 552 g/mol. The molecule has 2 unspecified atom stereocenters. The van der Waals surface area contributed by atoms with E-state index in [0.29, 0.717) is 0 Å². The zero-order valence-electron chi connectivity index (χ0n) is 18.6. The van der Waals surface area contributed by atoms with Gasteiger partial charge >= 0.3 is 177 Å². The van der Waals surface area contributed by atoms with Crippen molar-refractivity contribution >= 4 is 18.5 Å². The van der Waals surface area contributed by atoms with Crippen molar-refractivity contribution in [3.05, 3.63) is 80.9 Å². The molecule has 0 N–H and O–H groups in total. The summed E-state index contributed by atoms with van der Waals surface area (Å²) in [7, 11) is -1.81. The maximum absolute atomic E-state index is 2.78. The summed E-state index contributed by atoms with van der Waals surface area (Å²) in [4.78, 5) is 0. The number of benzene rings is 2. The normalized spacial score (nSPS) is 26.1. The minimum atomic E-state index is -2.78. The van der Waals surface area contributed by atoms with Crippen molar-refractivity contribution < 1.29 is 20.0 Å². The Labute approximate surface area is 176 Å². The molecule has 1 aliphatic heterocycles. The quantitative estimate of drug-likeness (QED) is 0.295. The summed E-state index contributed by atoms with van der Waals surface area (Å²) in [6.45, 7) is 15.0. The van der Waals surface area contributed by atoms with Gasteiger partial charge in [-0.2, -0.15) is 0 Å². The molecular weight excluding hydrogens is 519 g/mol. The van der Waals surface area contributed by atoms with Crippen molar-refractivity contribution in [2.75, 3.05) is 0 Å². The molecule has 144 valence electrons. The number of fused-ring (bicyclic) bond motifs is 8. The van der Waals surface area contributed by atoms with Crippen LogP contribution in [0.2, 0.25) is 22.5 Å². The molecule has 3 aliphatic rings. The van der Waals surface area contributed by atoms with Crippen LogP contribution in [0.5, 0.6) is 0 Å². The number of hydrogen-bond acceptors (Lipinski definition) is 0. The molecule has 2 aromatic carbocycles. The van der Waals surface area contributed by atoms with Gasteiger partial charge in [0.1, 0.15) is 0 Å². The molecule has 2 heteroatoms. The first-order valence-corrected chi connectivity index (χ1v) is 25.1. The Morgan fingerprint density at radius 3 is 1.46 bits per heavy atom. The van der Waals surface area contributed by atoms with Crippen molar-refractivity contribution in [2.45, 2.75) is 57.5 Å². The van der Waals surface area contributed by atoms with E-state index in [1.165, 1.54) is 11.1 Å². The molecule has 0 saturated carbocycles. The van der Waals surface area contributed by atoms with Crippen LogP contribution in [0.25, 0.3) is 10.4 Å². The summed E-state index contributed by atoms with van der Waals surface area (Å²) in [5.74, 6) is 0.